The van der Waals surface area contributed by atoms with E-state index in [2.05, 4.69) is 13.2 Å². The lowest BCUT2D eigenvalue weighted by atomic mass is 10.3. The molecule has 0 fully saturated rings. The van der Waals surface area contributed by atoms with Gasteiger partial charge in [-0.2, -0.15) is 0 Å². The fraction of sp³-hybridized carbons (Fsp3) is 0.286. The van der Waals surface area contributed by atoms with Gasteiger partial charge in [0.15, 0.2) is 11.5 Å². The minimum atomic E-state index is -0.575. The van der Waals surface area contributed by atoms with Crippen LogP contribution in [0.25, 0.3) is 0 Å². The highest BCUT2D eigenvalue weighted by Crippen LogP contribution is 2.16. The van der Waals surface area contributed by atoms with Crippen molar-refractivity contribution in [3.8, 4) is 0 Å². The number of hydrogen-bond acceptors (Lipinski definition) is 4. The van der Waals surface area contributed by atoms with Gasteiger partial charge in [0.2, 0.25) is 0 Å². The van der Waals surface area contributed by atoms with Gasteiger partial charge in [0.1, 0.15) is 0 Å². The van der Waals surface area contributed by atoms with Crippen LogP contribution in [0.15, 0.2) is 48.0 Å². The average Bonchev–Trinajstić information content (AvgIpc) is 2.32. The number of carbonyl (C=O) groups excluding carboxylic acids is 2. The van der Waals surface area contributed by atoms with Gasteiger partial charge in [0, 0.05) is 11.1 Å². The molecule has 0 aliphatic carbocycles. The van der Waals surface area contributed by atoms with Crippen LogP contribution in [0.5, 0.6) is 0 Å². The van der Waals surface area contributed by atoms with Crippen molar-refractivity contribution in [3.05, 3.63) is 48.0 Å². The van der Waals surface area contributed by atoms with E-state index >= 15 is 0 Å². The van der Waals surface area contributed by atoms with Gasteiger partial charge in [-0.25, -0.2) is 9.59 Å². The maximum atomic E-state index is 11.4. The maximum absolute atomic E-state index is 11.4. The highest BCUT2D eigenvalue weighted by Gasteiger charge is 2.16. The Kier molecular flexibility index (Phi) is 6.42. The van der Waals surface area contributed by atoms with E-state index < -0.39 is 11.9 Å². The van der Waals surface area contributed by atoms with E-state index in [1.165, 1.54) is 26.0 Å². The lowest BCUT2D eigenvalue weighted by Crippen LogP contribution is -2.11. The van der Waals surface area contributed by atoms with Crippen molar-refractivity contribution in [3.63, 3.8) is 0 Å². The minimum Gasteiger partial charge on any atom is -0.420 e. The third kappa shape index (κ3) is 4.82. The molecule has 4 nitrogen and oxygen atoms in total. The third-order valence-corrected chi connectivity index (χ3v) is 1.87. The fourth-order valence-electron chi connectivity index (χ4n) is 0.877. The third-order valence-electron chi connectivity index (χ3n) is 1.87. The molecule has 0 aliphatic heterocycles. The summed E-state index contributed by atoms with van der Waals surface area (Å²) in [7, 11) is 0. The van der Waals surface area contributed by atoms with Gasteiger partial charge < -0.3 is 9.47 Å². The molecule has 0 saturated carbocycles. The van der Waals surface area contributed by atoms with Crippen molar-refractivity contribution in [1.82, 2.24) is 0 Å². The molecule has 98 valence electrons. The van der Waals surface area contributed by atoms with Gasteiger partial charge in [-0.1, -0.05) is 13.2 Å². The smallest absolute Gasteiger partial charge is 0.338 e. The highest BCUT2D eigenvalue weighted by atomic mass is 16.6. The van der Waals surface area contributed by atoms with Crippen molar-refractivity contribution in [2.24, 2.45) is 0 Å². The normalized spacial score (nSPS) is 11.8. The molecule has 0 spiro atoms. The number of rotatable bonds is 5. The molecule has 0 saturated heterocycles. The second kappa shape index (κ2) is 7.27. The van der Waals surface area contributed by atoms with Crippen LogP contribution >= 0.6 is 0 Å². The molecule has 0 aliphatic rings. The van der Waals surface area contributed by atoms with Crippen LogP contribution in [0.4, 0.5) is 0 Å². The quantitative estimate of drug-likeness (QED) is 0.326. The molecule has 0 aromatic rings. The highest BCUT2D eigenvalue weighted by molar-refractivity contribution is 5.89. The Morgan fingerprint density at radius 3 is 1.28 bits per heavy atom. The topological polar surface area (TPSA) is 52.6 Å². The zero-order valence-electron chi connectivity index (χ0n) is 11.2. The standard InChI is InChI=1S/C14H18O4/c1-7-11(17-13(15)9(3)4)12(8-2)18-14(16)10(5)6/h7-8H,3,5H2,1-2,4,6H3. The lowest BCUT2D eigenvalue weighted by Gasteiger charge is -2.12. The van der Waals surface area contributed by atoms with Crippen molar-refractivity contribution in [2.75, 3.05) is 0 Å². The van der Waals surface area contributed by atoms with Gasteiger partial charge in [0.25, 0.3) is 0 Å². The Morgan fingerprint density at radius 2 is 1.11 bits per heavy atom. The Hall–Kier alpha value is -2.10. The summed E-state index contributed by atoms with van der Waals surface area (Å²) in [6.07, 6.45) is 3.06. The average molecular weight is 250 g/mol. The van der Waals surface area contributed by atoms with Crippen LogP contribution in [0, 0.1) is 0 Å². The zero-order valence-corrected chi connectivity index (χ0v) is 11.2. The molecule has 0 unspecified atom stereocenters. The Labute approximate surface area is 107 Å². The van der Waals surface area contributed by atoms with E-state index in [0.717, 1.165) is 0 Å². The van der Waals surface area contributed by atoms with E-state index in [1.54, 1.807) is 13.8 Å². The summed E-state index contributed by atoms with van der Waals surface area (Å²) >= 11 is 0. The Bertz CT molecular complexity index is 397. The molecule has 18 heavy (non-hydrogen) atoms. The second-order valence-corrected chi connectivity index (χ2v) is 3.65. The summed E-state index contributed by atoms with van der Waals surface area (Å²) in [5.41, 5.74) is 0.520. The van der Waals surface area contributed by atoms with Crippen molar-refractivity contribution in [2.45, 2.75) is 27.7 Å². The summed E-state index contributed by atoms with van der Waals surface area (Å²) in [6.45, 7) is 13.3. The number of allylic oxidation sites excluding steroid dienone is 2. The van der Waals surface area contributed by atoms with E-state index in [0.29, 0.717) is 0 Å². The van der Waals surface area contributed by atoms with Gasteiger partial charge in [-0.05, 0) is 39.8 Å². The molecule has 4 heteroatoms. The molecule has 0 aromatic heterocycles. The molecule has 0 aromatic carbocycles. The first-order valence-electron chi connectivity index (χ1n) is 5.41. The predicted octanol–water partition coefficient (Wildman–Crippen LogP) is 3.03. The molecular weight excluding hydrogens is 232 g/mol. The van der Waals surface area contributed by atoms with Crippen LogP contribution in [-0.2, 0) is 19.1 Å². The largest absolute Gasteiger partial charge is 0.420 e. The first-order valence-corrected chi connectivity index (χ1v) is 5.41. The van der Waals surface area contributed by atoms with E-state index in [9.17, 15) is 9.59 Å². The fourth-order valence-corrected chi connectivity index (χ4v) is 0.877. The minimum absolute atomic E-state index is 0.167. The summed E-state index contributed by atoms with van der Waals surface area (Å²) in [4.78, 5) is 22.8. The van der Waals surface area contributed by atoms with E-state index in [1.807, 2.05) is 0 Å². The zero-order chi connectivity index (χ0) is 14.3. The molecule has 0 rings (SSSR count). The van der Waals surface area contributed by atoms with Gasteiger partial charge in [-0.15, -0.1) is 0 Å². The van der Waals surface area contributed by atoms with Crippen molar-refractivity contribution in [1.29, 1.82) is 0 Å². The summed E-state index contributed by atoms with van der Waals surface area (Å²) in [5.74, 6) is -0.817. The van der Waals surface area contributed by atoms with Crippen molar-refractivity contribution >= 4 is 11.9 Å². The molecule has 0 heterocycles. The van der Waals surface area contributed by atoms with Crippen LogP contribution in [-0.4, -0.2) is 11.9 Å². The maximum Gasteiger partial charge on any atom is 0.338 e. The number of carbonyl (C=O) groups is 2. The number of hydrogen-bond donors (Lipinski definition) is 0. The van der Waals surface area contributed by atoms with E-state index in [-0.39, 0.29) is 22.7 Å². The SMILES string of the molecule is C=C(C)C(=O)OC(=CC)C(=CC)OC(=O)C(=C)C. The summed E-state index contributed by atoms with van der Waals surface area (Å²) in [5, 5.41) is 0. The Balaban J connectivity index is 4.93. The number of ether oxygens (including phenoxy) is 2. The van der Waals surface area contributed by atoms with Crippen molar-refractivity contribution < 1.29 is 19.1 Å². The molecule has 0 atom stereocenters. The molecule has 0 radical (unpaired) electrons. The van der Waals surface area contributed by atoms with Crippen LogP contribution in [0.2, 0.25) is 0 Å². The predicted molar refractivity (Wildman–Crippen MR) is 69.3 cm³/mol. The summed E-state index contributed by atoms with van der Waals surface area (Å²) in [6, 6.07) is 0. The first-order chi connectivity index (χ1) is 8.33. The monoisotopic (exact) mass is 250 g/mol. The molecule has 0 amide bonds. The van der Waals surface area contributed by atoms with E-state index in [4.69, 9.17) is 9.47 Å². The van der Waals surface area contributed by atoms with Crippen LogP contribution in [0.1, 0.15) is 27.7 Å². The number of esters is 2. The second-order valence-electron chi connectivity index (χ2n) is 3.65. The summed E-state index contributed by atoms with van der Waals surface area (Å²) < 4.78 is 10.1. The van der Waals surface area contributed by atoms with Gasteiger partial charge in [-0.3, -0.25) is 0 Å². The van der Waals surface area contributed by atoms with Crippen LogP contribution in [0.3, 0.4) is 0 Å². The molecular formula is C14H18O4. The van der Waals surface area contributed by atoms with Gasteiger partial charge in [0.05, 0.1) is 0 Å². The first kappa shape index (κ1) is 15.9. The Morgan fingerprint density at radius 1 is 0.833 bits per heavy atom. The lowest BCUT2D eigenvalue weighted by molar-refractivity contribution is -0.139. The van der Waals surface area contributed by atoms with Crippen LogP contribution < -0.4 is 0 Å². The molecule has 0 bridgehead atoms. The molecule has 0 N–H and O–H groups in total. The van der Waals surface area contributed by atoms with Gasteiger partial charge >= 0.3 is 11.9 Å².